The van der Waals surface area contributed by atoms with Crippen molar-refractivity contribution in [3.8, 4) is 33.6 Å². The first-order chi connectivity index (χ1) is 27.8. The Morgan fingerprint density at radius 1 is 0.286 bits per heavy atom. The molecule has 4 aromatic heterocycles. The van der Waals surface area contributed by atoms with Crippen LogP contribution >= 0.6 is 0 Å². The number of hydrogen-bond acceptors (Lipinski definition) is 2. The molecule has 260 valence electrons. The molecule has 0 saturated carbocycles. The Kier molecular flexibility index (Phi) is 6.60. The zero-order valence-electron chi connectivity index (χ0n) is 30.3. The van der Waals surface area contributed by atoms with E-state index in [9.17, 15) is 0 Å². The quantitative estimate of drug-likeness (QED) is 0.170. The molecule has 0 saturated heterocycles. The predicted molar refractivity (Wildman–Crippen MR) is 234 cm³/mol. The molecule has 0 unspecified atom stereocenters. The molecule has 0 radical (unpaired) electrons. The largest absolute Gasteiger partial charge is 0.307 e. The van der Waals surface area contributed by atoms with Gasteiger partial charge in [-0.1, -0.05) is 133 Å². The summed E-state index contributed by atoms with van der Waals surface area (Å²) in [6, 6.07) is 65.5. The highest BCUT2D eigenvalue weighted by Gasteiger charge is 2.26. The average Bonchev–Trinajstić information content (AvgIpc) is 3.81. The van der Waals surface area contributed by atoms with Gasteiger partial charge in [0.1, 0.15) is 0 Å². The smallest absolute Gasteiger partial charge is 0.0969 e. The van der Waals surface area contributed by atoms with E-state index in [0.29, 0.717) is 0 Å². The Morgan fingerprint density at radius 3 is 1.02 bits per heavy atom. The van der Waals surface area contributed by atoms with Crippen LogP contribution in [0.25, 0.3) is 110 Å². The van der Waals surface area contributed by atoms with Crippen molar-refractivity contribution in [3.63, 3.8) is 0 Å². The number of aromatic nitrogens is 4. The first kappa shape index (κ1) is 30.9. The maximum absolute atomic E-state index is 5.12. The number of rotatable bonds is 4. The van der Waals surface area contributed by atoms with Crippen LogP contribution in [-0.2, 0) is 0 Å². The second-order valence-electron chi connectivity index (χ2n) is 14.5. The van der Waals surface area contributed by atoms with Crippen LogP contribution in [0.2, 0.25) is 0 Å². The minimum absolute atomic E-state index is 0.996. The van der Waals surface area contributed by atoms with Gasteiger partial charge in [-0.15, -0.1) is 0 Å². The summed E-state index contributed by atoms with van der Waals surface area (Å²) in [6.45, 7) is 0. The second-order valence-corrected chi connectivity index (χ2v) is 14.5. The third-order valence-corrected chi connectivity index (χ3v) is 11.6. The lowest BCUT2D eigenvalue weighted by Gasteiger charge is -2.17. The Bertz CT molecular complexity index is 3250. The topological polar surface area (TPSA) is 35.6 Å². The monoisotopic (exact) mass is 712 g/mol. The Labute approximate surface area is 322 Å². The molecule has 0 N–H and O–H groups in total. The zero-order chi connectivity index (χ0) is 36.7. The zero-order valence-corrected chi connectivity index (χ0v) is 30.3. The molecular weight excluding hydrogens is 681 g/mol. The van der Waals surface area contributed by atoms with Crippen LogP contribution in [0.15, 0.2) is 194 Å². The average molecular weight is 713 g/mol. The van der Waals surface area contributed by atoms with E-state index in [1.807, 2.05) is 12.4 Å². The molecule has 4 nitrogen and oxygen atoms in total. The molecule has 0 bridgehead atoms. The third kappa shape index (κ3) is 4.35. The number of hydrogen-bond donors (Lipinski definition) is 0. The van der Waals surface area contributed by atoms with Gasteiger partial charge >= 0.3 is 0 Å². The number of fused-ring (bicyclic) bond motifs is 15. The van der Waals surface area contributed by atoms with Crippen LogP contribution < -0.4 is 0 Å². The van der Waals surface area contributed by atoms with Crippen LogP contribution in [0.4, 0.5) is 0 Å². The number of benzene rings is 8. The van der Waals surface area contributed by atoms with Crippen molar-refractivity contribution in [1.29, 1.82) is 0 Å². The molecule has 0 amide bonds. The van der Waals surface area contributed by atoms with Crippen molar-refractivity contribution in [1.82, 2.24) is 19.1 Å². The van der Waals surface area contributed by atoms with Gasteiger partial charge in [-0.25, -0.2) is 0 Å². The lowest BCUT2D eigenvalue weighted by molar-refractivity contribution is 1.18. The summed E-state index contributed by atoms with van der Waals surface area (Å²) in [5.74, 6) is 0. The first-order valence-corrected chi connectivity index (χ1v) is 19.1. The fourth-order valence-electron chi connectivity index (χ4n) is 9.22. The van der Waals surface area contributed by atoms with E-state index >= 15 is 0 Å². The highest BCUT2D eigenvalue weighted by atomic mass is 15.0. The molecule has 8 aromatic carbocycles. The molecule has 12 aromatic rings. The summed E-state index contributed by atoms with van der Waals surface area (Å²) < 4.78 is 4.89. The molecule has 0 aliphatic heterocycles. The minimum atomic E-state index is 0.996. The molecule has 0 spiro atoms. The van der Waals surface area contributed by atoms with Crippen molar-refractivity contribution < 1.29 is 0 Å². The van der Waals surface area contributed by atoms with E-state index in [1.54, 1.807) is 0 Å². The number of nitrogens with zero attached hydrogens (tertiary/aromatic N) is 4. The molecule has 0 atom stereocenters. The van der Waals surface area contributed by atoms with Gasteiger partial charge in [0.15, 0.2) is 0 Å². The molecule has 0 aliphatic rings. The van der Waals surface area contributed by atoms with E-state index in [2.05, 4.69) is 191 Å². The summed E-state index contributed by atoms with van der Waals surface area (Å²) in [7, 11) is 0. The van der Waals surface area contributed by atoms with Gasteiger partial charge in [0, 0.05) is 45.3 Å². The van der Waals surface area contributed by atoms with Crippen molar-refractivity contribution in [2.45, 2.75) is 0 Å². The summed E-state index contributed by atoms with van der Waals surface area (Å²) in [5, 5.41) is 9.48. The van der Waals surface area contributed by atoms with Crippen molar-refractivity contribution >= 4 is 76.2 Å². The maximum atomic E-state index is 5.12. The van der Waals surface area contributed by atoms with Gasteiger partial charge in [0.05, 0.1) is 33.1 Å². The highest BCUT2D eigenvalue weighted by Crippen LogP contribution is 2.49. The fraction of sp³-hybridized carbons (Fsp3) is 0. The van der Waals surface area contributed by atoms with Crippen LogP contribution in [0.5, 0.6) is 0 Å². The minimum Gasteiger partial charge on any atom is -0.307 e. The molecule has 4 heterocycles. The Morgan fingerprint density at radius 2 is 0.625 bits per heavy atom. The lowest BCUT2D eigenvalue weighted by atomic mass is 9.91. The van der Waals surface area contributed by atoms with E-state index in [0.717, 1.165) is 55.2 Å². The van der Waals surface area contributed by atoms with Crippen LogP contribution in [0.1, 0.15) is 0 Å². The lowest BCUT2D eigenvalue weighted by Crippen LogP contribution is -1.98. The Hall–Kier alpha value is -7.56. The normalized spacial score (nSPS) is 11.9. The second kappa shape index (κ2) is 12.0. The number of pyridine rings is 2. The SMILES string of the molecule is c1ccc(-c2ccc(-n3c4cccnc4c4c5ccccc5c5c(c6ccccc6c6c7ncccc7n(-c7ccc(-c8ccccc8)cc7)c65)c43)cc2)cc1. The van der Waals surface area contributed by atoms with Gasteiger partial charge in [0.25, 0.3) is 0 Å². The highest BCUT2D eigenvalue weighted by molar-refractivity contribution is 6.43. The molecule has 0 aliphatic carbocycles. The molecule has 0 fully saturated rings. The van der Waals surface area contributed by atoms with Gasteiger partial charge in [-0.2, -0.15) is 0 Å². The Balaban J connectivity index is 1.29. The van der Waals surface area contributed by atoms with E-state index < -0.39 is 0 Å². The van der Waals surface area contributed by atoms with Crippen molar-refractivity contribution in [3.05, 3.63) is 194 Å². The fourth-order valence-corrected chi connectivity index (χ4v) is 9.22. The molecule has 4 heteroatoms. The van der Waals surface area contributed by atoms with Gasteiger partial charge in [-0.05, 0) is 92.3 Å². The van der Waals surface area contributed by atoms with Crippen molar-refractivity contribution in [2.75, 3.05) is 0 Å². The maximum Gasteiger partial charge on any atom is 0.0969 e. The summed E-state index contributed by atoms with van der Waals surface area (Å²) >= 11 is 0. The predicted octanol–water partition coefficient (Wildman–Crippen LogP) is 13.5. The van der Waals surface area contributed by atoms with Gasteiger partial charge < -0.3 is 9.13 Å². The summed E-state index contributed by atoms with van der Waals surface area (Å²) in [6.07, 6.45) is 3.85. The first-order valence-electron chi connectivity index (χ1n) is 19.1. The summed E-state index contributed by atoms with van der Waals surface area (Å²) in [5.41, 5.74) is 13.4. The van der Waals surface area contributed by atoms with Crippen molar-refractivity contribution in [2.24, 2.45) is 0 Å². The van der Waals surface area contributed by atoms with E-state index in [4.69, 9.17) is 9.97 Å². The molecule has 56 heavy (non-hydrogen) atoms. The molecule has 12 rings (SSSR count). The van der Waals surface area contributed by atoms with E-state index in [1.165, 1.54) is 54.6 Å². The van der Waals surface area contributed by atoms with E-state index in [-0.39, 0.29) is 0 Å². The third-order valence-electron chi connectivity index (χ3n) is 11.6. The standard InChI is InChI=1S/C52H32N4/c1-3-13-33(14-4-1)35-23-27-37(28-24-35)55-43-21-11-31-53-49(43)47-41-19-9-8-18-40(41)46-45(51(47)55)39-17-7-10-20-42(39)48-50-44(22-12-32-54-50)56(52(46)48)38-29-25-36(26-30-38)34-15-5-2-6-16-34/h1-32H. The van der Waals surface area contributed by atoms with Crippen LogP contribution in [-0.4, -0.2) is 19.1 Å². The summed E-state index contributed by atoms with van der Waals surface area (Å²) in [4.78, 5) is 10.2. The molecular formula is C52H32N4. The van der Waals surface area contributed by atoms with Crippen LogP contribution in [0.3, 0.4) is 0 Å². The van der Waals surface area contributed by atoms with Crippen LogP contribution in [0, 0.1) is 0 Å². The van der Waals surface area contributed by atoms with Gasteiger partial charge in [-0.3, -0.25) is 9.97 Å². The van der Waals surface area contributed by atoms with Gasteiger partial charge in [0.2, 0.25) is 0 Å².